The van der Waals surface area contributed by atoms with E-state index >= 15 is 0 Å². The minimum absolute atomic E-state index is 1.15. The number of aromatic nitrogens is 4. The Balaban J connectivity index is 0.000000143. The predicted octanol–water partition coefficient (Wildman–Crippen LogP) is 32.4. The van der Waals surface area contributed by atoms with Crippen LogP contribution in [0.3, 0.4) is 0 Å². The van der Waals surface area contributed by atoms with E-state index in [9.17, 15) is 0 Å². The maximum absolute atomic E-state index is 2.42. The molecule has 124 heavy (non-hydrogen) atoms. The van der Waals surface area contributed by atoms with Crippen LogP contribution in [0.4, 0.5) is 0 Å². The fraction of sp³-hybridized carbons (Fsp3) is 0. The van der Waals surface area contributed by atoms with Crippen molar-refractivity contribution in [3.8, 4) is 134 Å². The van der Waals surface area contributed by atoms with Gasteiger partial charge in [0.15, 0.2) is 0 Å². The Hall–Kier alpha value is -16.4. The minimum atomic E-state index is 1.15. The van der Waals surface area contributed by atoms with Crippen LogP contribution in [-0.2, 0) is 0 Å². The Bertz CT molecular complexity index is 7890. The third kappa shape index (κ3) is 13.2. The van der Waals surface area contributed by atoms with Gasteiger partial charge < -0.3 is 18.3 Å². The number of hydrogen-bond donors (Lipinski definition) is 0. The molecule has 24 aromatic rings. The molecule has 0 spiro atoms. The van der Waals surface area contributed by atoms with Gasteiger partial charge in [0, 0.05) is 65.8 Å². The SMILES string of the molecule is c1ccc(-c2ccc(-c3ccc(-n4c5ccccc5c5cc(-c6ccc7c(c6)c6ccccc6n7-c6cccc(-c7ccc(-c8ccccc8)cc7)c6)ccc54)cc3)cc2)cc1.c1ccc(-c2ccc(-c3cccc(-n4c5ccccc5c5cc(-c6ccc7c(c6)c6ccccc6n7-c6cccc(-c7ccc(-c8ccccc8)cc7)c6)ccc54)c3)cc2)cc1. The lowest BCUT2D eigenvalue weighted by Gasteiger charge is -2.12. The van der Waals surface area contributed by atoms with Crippen molar-refractivity contribution in [2.75, 3.05) is 0 Å². The van der Waals surface area contributed by atoms with Gasteiger partial charge in [0.2, 0.25) is 0 Å². The van der Waals surface area contributed by atoms with Crippen LogP contribution in [0.2, 0.25) is 0 Å². The number of para-hydroxylation sites is 4. The summed E-state index contributed by atoms with van der Waals surface area (Å²) in [5, 5.41) is 9.96. The molecule has 4 aromatic heterocycles. The van der Waals surface area contributed by atoms with E-state index in [1.807, 2.05) is 0 Å². The van der Waals surface area contributed by atoms with E-state index in [1.165, 1.54) is 198 Å². The molecule has 0 fully saturated rings. The Kier molecular flexibility index (Phi) is 18.2. The van der Waals surface area contributed by atoms with Crippen LogP contribution >= 0.6 is 0 Å². The molecule has 0 aliphatic rings. The van der Waals surface area contributed by atoms with Gasteiger partial charge in [0.1, 0.15) is 0 Å². The second kappa shape index (κ2) is 31.1. The van der Waals surface area contributed by atoms with E-state index in [0.717, 1.165) is 22.7 Å². The number of hydrogen-bond acceptors (Lipinski definition) is 0. The third-order valence-corrected chi connectivity index (χ3v) is 25.1. The van der Waals surface area contributed by atoms with Crippen molar-refractivity contribution in [3.63, 3.8) is 0 Å². The molecular weight excluding hydrogens is 1500 g/mol. The number of nitrogens with zero attached hydrogens (tertiary/aromatic N) is 4. The zero-order valence-electron chi connectivity index (χ0n) is 68.0. The molecule has 0 radical (unpaired) electrons. The highest BCUT2D eigenvalue weighted by atomic mass is 15.0. The van der Waals surface area contributed by atoms with E-state index < -0.39 is 0 Å². The van der Waals surface area contributed by atoms with Crippen LogP contribution in [0, 0.1) is 0 Å². The second-order valence-corrected chi connectivity index (χ2v) is 32.3. The van der Waals surface area contributed by atoms with Crippen molar-refractivity contribution < 1.29 is 0 Å². The first-order valence-corrected chi connectivity index (χ1v) is 42.7. The molecule has 0 aliphatic heterocycles. The van der Waals surface area contributed by atoms with Gasteiger partial charge in [-0.25, -0.2) is 0 Å². The van der Waals surface area contributed by atoms with Crippen LogP contribution in [-0.4, -0.2) is 18.3 Å². The maximum atomic E-state index is 2.42. The highest BCUT2D eigenvalue weighted by Gasteiger charge is 2.21. The molecule has 0 atom stereocenters. The van der Waals surface area contributed by atoms with Gasteiger partial charge in [0.05, 0.1) is 44.1 Å². The lowest BCUT2D eigenvalue weighted by molar-refractivity contribution is 1.18. The van der Waals surface area contributed by atoms with Crippen molar-refractivity contribution in [1.29, 1.82) is 0 Å². The van der Waals surface area contributed by atoms with Gasteiger partial charge in [0.25, 0.3) is 0 Å². The van der Waals surface area contributed by atoms with E-state index in [2.05, 4.69) is 504 Å². The van der Waals surface area contributed by atoms with Crippen molar-refractivity contribution in [2.24, 2.45) is 0 Å². The standard InChI is InChI=1S/2C60H40N2/c1-3-13-41(14-4-1)43-25-29-45(30-26-43)47-17-11-19-51(37-47)61-57-23-9-7-21-53(57)55-39-49(33-35-59(55)61)50-34-36-60-56(40-50)54-22-8-10-24-58(54)62(60)52-20-12-18-48(38-52)46-31-27-44(28-32-46)42-15-5-2-6-16-42;1-3-12-41(13-4-1)43-22-24-45(25-23-43)46-30-34-51(35-31-46)61-57-20-9-7-18-53(57)55-39-49(32-36-59(55)61)50-33-37-60-56(40-50)54-19-8-10-21-58(54)62(60)52-17-11-16-48(38-52)47-28-26-44(27-29-47)42-14-5-2-6-15-42/h2*1-40H. The largest absolute Gasteiger partial charge is 0.309 e. The number of rotatable bonds is 14. The zero-order chi connectivity index (χ0) is 82.0. The Morgan fingerprint density at radius 3 is 0.492 bits per heavy atom. The van der Waals surface area contributed by atoms with Crippen LogP contribution in [0.15, 0.2) is 485 Å². The third-order valence-electron chi connectivity index (χ3n) is 25.1. The fourth-order valence-electron chi connectivity index (χ4n) is 18.9. The number of fused-ring (bicyclic) bond motifs is 12. The monoisotopic (exact) mass is 1580 g/mol. The maximum Gasteiger partial charge on any atom is 0.0541 e. The average molecular weight is 1580 g/mol. The molecule has 4 nitrogen and oxygen atoms in total. The van der Waals surface area contributed by atoms with E-state index in [-0.39, 0.29) is 0 Å². The zero-order valence-corrected chi connectivity index (χ0v) is 68.0. The molecule has 580 valence electrons. The van der Waals surface area contributed by atoms with Gasteiger partial charge >= 0.3 is 0 Å². The molecule has 4 heterocycles. The lowest BCUT2D eigenvalue weighted by Crippen LogP contribution is -1.94. The summed E-state index contributed by atoms with van der Waals surface area (Å²) in [7, 11) is 0. The summed E-state index contributed by atoms with van der Waals surface area (Å²) >= 11 is 0. The predicted molar refractivity (Wildman–Crippen MR) is 525 cm³/mol. The quantitative estimate of drug-likeness (QED) is 0.103. The lowest BCUT2D eigenvalue weighted by atomic mass is 10.00. The van der Waals surface area contributed by atoms with E-state index in [1.54, 1.807) is 0 Å². The highest BCUT2D eigenvalue weighted by Crippen LogP contribution is 2.44. The highest BCUT2D eigenvalue weighted by molar-refractivity contribution is 6.15. The van der Waals surface area contributed by atoms with E-state index in [0.29, 0.717) is 0 Å². The summed E-state index contributed by atoms with van der Waals surface area (Å²) in [4.78, 5) is 0. The van der Waals surface area contributed by atoms with Crippen molar-refractivity contribution in [3.05, 3.63) is 485 Å². The first kappa shape index (κ1) is 72.8. The molecule has 0 unspecified atom stereocenters. The van der Waals surface area contributed by atoms with Crippen molar-refractivity contribution in [2.45, 2.75) is 0 Å². The Morgan fingerprint density at radius 1 is 0.0887 bits per heavy atom. The van der Waals surface area contributed by atoms with Crippen LogP contribution in [0.5, 0.6) is 0 Å². The molecule has 0 saturated heterocycles. The molecule has 20 aromatic carbocycles. The first-order valence-electron chi connectivity index (χ1n) is 42.7. The molecule has 0 aliphatic carbocycles. The van der Waals surface area contributed by atoms with E-state index in [4.69, 9.17) is 0 Å². The van der Waals surface area contributed by atoms with Crippen molar-refractivity contribution in [1.82, 2.24) is 18.3 Å². The first-order chi connectivity index (χ1) is 61.5. The van der Waals surface area contributed by atoms with Gasteiger partial charge in [-0.2, -0.15) is 0 Å². The van der Waals surface area contributed by atoms with Crippen LogP contribution in [0.1, 0.15) is 0 Å². The second-order valence-electron chi connectivity index (χ2n) is 32.3. The smallest absolute Gasteiger partial charge is 0.0541 e. The van der Waals surface area contributed by atoms with Gasteiger partial charge in [-0.3, -0.25) is 0 Å². The molecule has 0 bridgehead atoms. The Labute approximate surface area is 719 Å². The van der Waals surface area contributed by atoms with Gasteiger partial charge in [-0.1, -0.05) is 364 Å². The van der Waals surface area contributed by atoms with Gasteiger partial charge in [-0.05, 0) is 233 Å². The average Bonchev–Trinajstić information content (AvgIpc) is 1.59. The topological polar surface area (TPSA) is 19.7 Å². The fourth-order valence-corrected chi connectivity index (χ4v) is 18.9. The summed E-state index contributed by atoms with van der Waals surface area (Å²) in [6, 6.07) is 177. The minimum Gasteiger partial charge on any atom is -0.309 e. The summed E-state index contributed by atoms with van der Waals surface area (Å²) < 4.78 is 9.65. The molecule has 4 heteroatoms. The Morgan fingerprint density at radius 2 is 0.250 bits per heavy atom. The number of benzene rings is 20. The normalized spacial score (nSPS) is 11.5. The summed E-state index contributed by atoms with van der Waals surface area (Å²) in [6.45, 7) is 0. The molecule has 0 N–H and O–H groups in total. The molecule has 0 saturated carbocycles. The summed E-state index contributed by atoms with van der Waals surface area (Å²) in [5.74, 6) is 0. The molecular formula is C120H80N4. The van der Waals surface area contributed by atoms with Crippen LogP contribution < -0.4 is 0 Å². The molecule has 0 amide bonds. The molecule has 24 rings (SSSR count). The summed E-state index contributed by atoms with van der Waals surface area (Å²) in [6.07, 6.45) is 0. The van der Waals surface area contributed by atoms with Crippen LogP contribution in [0.25, 0.3) is 221 Å². The van der Waals surface area contributed by atoms with Crippen molar-refractivity contribution >= 4 is 87.2 Å². The summed E-state index contributed by atoms with van der Waals surface area (Å²) in [5.41, 5.74) is 38.4. The van der Waals surface area contributed by atoms with Gasteiger partial charge in [-0.15, -0.1) is 0 Å².